The molecule has 0 aliphatic carbocycles. The molecule has 0 saturated carbocycles. The Morgan fingerprint density at radius 3 is 2.48 bits per heavy atom. The van der Waals surface area contributed by atoms with Gasteiger partial charge < -0.3 is 9.67 Å². The molecule has 0 aromatic carbocycles. The van der Waals surface area contributed by atoms with Gasteiger partial charge in [0.2, 0.25) is 0 Å². The van der Waals surface area contributed by atoms with Crippen molar-refractivity contribution in [1.29, 1.82) is 0 Å². The number of aryl methyl sites for hydroxylation is 1. The maximum absolute atomic E-state index is 12.4. The summed E-state index contributed by atoms with van der Waals surface area (Å²) in [6.45, 7) is 8.65. The van der Waals surface area contributed by atoms with E-state index in [2.05, 4.69) is 18.7 Å². The number of hydrogen-bond acceptors (Lipinski definition) is 3. The molecule has 1 saturated heterocycles. The van der Waals surface area contributed by atoms with Crippen LogP contribution < -0.4 is 5.56 Å². The molecule has 116 valence electrons. The van der Waals surface area contributed by atoms with Crippen LogP contribution in [0.5, 0.6) is 0 Å². The van der Waals surface area contributed by atoms with Gasteiger partial charge in [-0.2, -0.15) is 0 Å². The molecule has 2 heterocycles. The third kappa shape index (κ3) is 3.35. The lowest BCUT2D eigenvalue weighted by atomic mass is 10.0. The summed E-state index contributed by atoms with van der Waals surface area (Å²) >= 11 is 0. The molecule has 1 fully saturated rings. The Balaban J connectivity index is 2.31. The number of rotatable bonds is 5. The van der Waals surface area contributed by atoms with Gasteiger partial charge in [-0.15, -0.1) is 0 Å². The molecule has 0 spiro atoms. The van der Waals surface area contributed by atoms with Gasteiger partial charge in [0.15, 0.2) is 0 Å². The number of carbonyl (C=O) groups is 1. The van der Waals surface area contributed by atoms with Crippen molar-refractivity contribution in [2.24, 2.45) is 5.92 Å². The fourth-order valence-corrected chi connectivity index (χ4v) is 3.09. The van der Waals surface area contributed by atoms with Gasteiger partial charge in [0.1, 0.15) is 5.56 Å². The number of carboxylic acid groups (broad SMARTS) is 1. The highest BCUT2D eigenvalue weighted by molar-refractivity contribution is 5.88. The van der Waals surface area contributed by atoms with Crippen molar-refractivity contribution in [3.8, 4) is 0 Å². The summed E-state index contributed by atoms with van der Waals surface area (Å²) in [5.74, 6) is -0.723. The van der Waals surface area contributed by atoms with Crippen LogP contribution in [-0.4, -0.2) is 39.7 Å². The number of aromatic carboxylic acids is 1. The average molecular weight is 292 g/mol. The van der Waals surface area contributed by atoms with Gasteiger partial charge in [-0.25, -0.2) is 4.79 Å². The Morgan fingerprint density at radius 2 is 1.95 bits per heavy atom. The normalized spacial score (nSPS) is 17.3. The molecule has 1 unspecified atom stereocenters. The molecule has 1 aliphatic heterocycles. The van der Waals surface area contributed by atoms with E-state index in [0.717, 1.165) is 13.1 Å². The van der Waals surface area contributed by atoms with E-state index < -0.39 is 11.5 Å². The van der Waals surface area contributed by atoms with Gasteiger partial charge in [-0.05, 0) is 50.4 Å². The topological polar surface area (TPSA) is 62.5 Å². The molecule has 5 heteroatoms. The summed E-state index contributed by atoms with van der Waals surface area (Å²) in [5, 5.41) is 9.20. The van der Waals surface area contributed by atoms with E-state index in [1.165, 1.54) is 12.8 Å². The molecule has 1 N–H and O–H groups in total. The zero-order chi connectivity index (χ0) is 15.6. The first-order valence-electron chi connectivity index (χ1n) is 7.59. The van der Waals surface area contributed by atoms with E-state index >= 15 is 0 Å². The van der Waals surface area contributed by atoms with Crippen LogP contribution in [0.4, 0.5) is 0 Å². The molecule has 0 amide bonds. The van der Waals surface area contributed by atoms with Gasteiger partial charge in [-0.1, -0.05) is 13.8 Å². The number of hydrogen-bond donors (Lipinski definition) is 1. The number of aromatic nitrogens is 1. The minimum Gasteiger partial charge on any atom is -0.477 e. The monoisotopic (exact) mass is 292 g/mol. The van der Waals surface area contributed by atoms with Gasteiger partial charge in [0, 0.05) is 18.8 Å². The predicted molar refractivity (Wildman–Crippen MR) is 81.8 cm³/mol. The van der Waals surface area contributed by atoms with Crippen LogP contribution in [0.1, 0.15) is 42.6 Å². The molecule has 5 nitrogen and oxygen atoms in total. The molecule has 1 aromatic heterocycles. The smallest absolute Gasteiger partial charge is 0.341 e. The lowest BCUT2D eigenvalue weighted by Gasteiger charge is -2.31. The molecule has 1 atom stereocenters. The Morgan fingerprint density at radius 1 is 1.33 bits per heavy atom. The molecular weight excluding hydrogens is 268 g/mol. The molecule has 1 aliphatic rings. The Labute approximate surface area is 125 Å². The molecule has 21 heavy (non-hydrogen) atoms. The molecule has 0 radical (unpaired) electrons. The van der Waals surface area contributed by atoms with Crippen molar-refractivity contribution in [2.45, 2.75) is 46.2 Å². The SMILES string of the molecule is Cc1ccn(CC(C(C)C)N2CCCC2)c(=O)c1C(=O)O. The third-order valence-electron chi connectivity index (χ3n) is 4.35. The number of nitrogens with zero attached hydrogens (tertiary/aromatic N) is 2. The summed E-state index contributed by atoms with van der Waals surface area (Å²) in [7, 11) is 0. The zero-order valence-corrected chi connectivity index (χ0v) is 13.0. The van der Waals surface area contributed by atoms with E-state index in [1.54, 1.807) is 23.8 Å². The van der Waals surface area contributed by atoms with Crippen molar-refractivity contribution < 1.29 is 9.90 Å². The first-order valence-corrected chi connectivity index (χ1v) is 7.59. The van der Waals surface area contributed by atoms with Crippen LogP contribution in [0.3, 0.4) is 0 Å². The van der Waals surface area contributed by atoms with Crippen LogP contribution in [0.2, 0.25) is 0 Å². The van der Waals surface area contributed by atoms with E-state index in [4.69, 9.17) is 0 Å². The minimum absolute atomic E-state index is 0.110. The highest BCUT2D eigenvalue weighted by Crippen LogP contribution is 2.19. The summed E-state index contributed by atoms with van der Waals surface area (Å²) in [4.78, 5) is 26.0. The number of pyridine rings is 1. The van der Waals surface area contributed by atoms with Crippen molar-refractivity contribution in [3.05, 3.63) is 33.7 Å². The van der Waals surface area contributed by atoms with E-state index in [0.29, 0.717) is 18.0 Å². The van der Waals surface area contributed by atoms with Crippen LogP contribution >= 0.6 is 0 Å². The van der Waals surface area contributed by atoms with Gasteiger partial charge in [0.25, 0.3) is 5.56 Å². The summed E-state index contributed by atoms with van der Waals surface area (Å²) in [6.07, 6.45) is 4.12. The van der Waals surface area contributed by atoms with Gasteiger partial charge in [-0.3, -0.25) is 9.69 Å². The maximum Gasteiger partial charge on any atom is 0.341 e. The van der Waals surface area contributed by atoms with Crippen molar-refractivity contribution in [2.75, 3.05) is 13.1 Å². The van der Waals surface area contributed by atoms with E-state index in [1.807, 2.05) is 0 Å². The summed E-state index contributed by atoms with van der Waals surface area (Å²) in [6, 6.07) is 1.99. The van der Waals surface area contributed by atoms with E-state index in [9.17, 15) is 14.7 Å². The third-order valence-corrected chi connectivity index (χ3v) is 4.35. The van der Waals surface area contributed by atoms with Gasteiger partial charge in [0.05, 0.1) is 0 Å². The molecule has 1 aromatic rings. The zero-order valence-electron chi connectivity index (χ0n) is 13.0. The lowest BCUT2D eigenvalue weighted by Crippen LogP contribution is -2.42. The highest BCUT2D eigenvalue weighted by Gasteiger charge is 2.26. The van der Waals surface area contributed by atoms with Gasteiger partial charge >= 0.3 is 5.97 Å². The number of carboxylic acids is 1. The maximum atomic E-state index is 12.4. The molecule has 0 bridgehead atoms. The Hall–Kier alpha value is -1.62. The largest absolute Gasteiger partial charge is 0.477 e. The second kappa shape index (κ2) is 6.43. The second-order valence-electron chi connectivity index (χ2n) is 6.19. The second-order valence-corrected chi connectivity index (χ2v) is 6.19. The van der Waals surface area contributed by atoms with Crippen LogP contribution in [-0.2, 0) is 6.54 Å². The quantitative estimate of drug-likeness (QED) is 0.901. The lowest BCUT2D eigenvalue weighted by molar-refractivity contribution is 0.0693. The van der Waals surface area contributed by atoms with Crippen LogP contribution in [0.25, 0.3) is 0 Å². The van der Waals surface area contributed by atoms with E-state index in [-0.39, 0.29) is 11.6 Å². The fraction of sp³-hybridized carbons (Fsp3) is 0.625. The Bertz CT molecular complexity index is 571. The minimum atomic E-state index is -1.14. The Kier molecular flexibility index (Phi) is 4.83. The average Bonchev–Trinajstić information content (AvgIpc) is 2.90. The summed E-state index contributed by atoms with van der Waals surface area (Å²) < 4.78 is 1.56. The summed E-state index contributed by atoms with van der Waals surface area (Å²) in [5.41, 5.74) is 0.0137. The van der Waals surface area contributed by atoms with Crippen LogP contribution in [0, 0.1) is 12.8 Å². The molecule has 2 rings (SSSR count). The van der Waals surface area contributed by atoms with Crippen molar-refractivity contribution >= 4 is 5.97 Å². The first-order chi connectivity index (χ1) is 9.91. The number of likely N-dealkylation sites (tertiary alicyclic amines) is 1. The van der Waals surface area contributed by atoms with Crippen LogP contribution in [0.15, 0.2) is 17.1 Å². The highest BCUT2D eigenvalue weighted by atomic mass is 16.4. The first kappa shape index (κ1) is 15.8. The molecular formula is C16H24N2O3. The van der Waals surface area contributed by atoms with Crippen molar-refractivity contribution in [1.82, 2.24) is 9.47 Å². The standard InChI is InChI=1S/C16H24N2O3/c1-11(2)13(17-7-4-5-8-17)10-18-9-6-12(3)14(15(18)19)16(20)21/h6,9,11,13H,4-5,7-8,10H2,1-3H3,(H,20,21). The fourth-order valence-electron chi connectivity index (χ4n) is 3.09. The predicted octanol–water partition coefficient (Wildman–Crippen LogP) is 1.98. The van der Waals surface area contributed by atoms with Crippen molar-refractivity contribution in [3.63, 3.8) is 0 Å².